The third-order valence-corrected chi connectivity index (χ3v) is 5.95. The van der Waals surface area contributed by atoms with E-state index in [-0.39, 0.29) is 11.8 Å². The minimum Gasteiger partial charge on any atom is -0.493 e. The summed E-state index contributed by atoms with van der Waals surface area (Å²) in [5.74, 6) is 0.695. The first-order chi connectivity index (χ1) is 14.0. The second-order valence-electron chi connectivity index (χ2n) is 7.96. The second-order valence-corrected chi connectivity index (χ2v) is 8.39. The van der Waals surface area contributed by atoms with E-state index in [0.717, 1.165) is 45.4 Å². The van der Waals surface area contributed by atoms with Crippen molar-refractivity contribution in [2.24, 2.45) is 0 Å². The minimum atomic E-state index is -0.0831. The van der Waals surface area contributed by atoms with E-state index in [1.807, 2.05) is 4.90 Å². The molecular formula is C22H32ClN3O3. The lowest BCUT2D eigenvalue weighted by molar-refractivity contribution is -0.131. The highest BCUT2D eigenvalue weighted by Gasteiger charge is 2.20. The monoisotopic (exact) mass is 421 g/mol. The maximum absolute atomic E-state index is 12.8. The molecule has 0 spiro atoms. The zero-order chi connectivity index (χ0) is 20.6. The summed E-state index contributed by atoms with van der Waals surface area (Å²) in [4.78, 5) is 31.6. The average molecular weight is 422 g/mol. The molecular weight excluding hydrogens is 390 g/mol. The summed E-state index contributed by atoms with van der Waals surface area (Å²) in [6.45, 7) is 5.61. The molecule has 29 heavy (non-hydrogen) atoms. The van der Waals surface area contributed by atoms with E-state index in [9.17, 15) is 9.59 Å². The number of nitrogens with zero attached hydrogens (tertiary/aromatic N) is 3. The lowest BCUT2D eigenvalue weighted by Crippen LogP contribution is -2.36. The van der Waals surface area contributed by atoms with Gasteiger partial charge in [-0.25, -0.2) is 0 Å². The van der Waals surface area contributed by atoms with Gasteiger partial charge in [0.2, 0.25) is 5.91 Å². The molecule has 0 aromatic heterocycles. The van der Waals surface area contributed by atoms with Crippen LogP contribution in [0.1, 0.15) is 48.9 Å². The van der Waals surface area contributed by atoms with Gasteiger partial charge in [-0.05, 0) is 63.4 Å². The van der Waals surface area contributed by atoms with Crippen LogP contribution in [0.25, 0.3) is 0 Å². The first kappa shape index (κ1) is 21.9. The zero-order valence-electron chi connectivity index (χ0n) is 17.4. The third-order valence-electron chi connectivity index (χ3n) is 5.71. The van der Waals surface area contributed by atoms with Gasteiger partial charge < -0.3 is 19.4 Å². The van der Waals surface area contributed by atoms with Crippen LogP contribution in [0, 0.1) is 0 Å². The van der Waals surface area contributed by atoms with Gasteiger partial charge in [-0.1, -0.05) is 11.6 Å². The number of likely N-dealkylation sites (tertiary alicyclic amines) is 1. The third kappa shape index (κ3) is 6.34. The van der Waals surface area contributed by atoms with Gasteiger partial charge in [0.25, 0.3) is 5.91 Å². The number of rotatable bonds is 3. The van der Waals surface area contributed by atoms with E-state index in [0.29, 0.717) is 42.5 Å². The molecule has 2 amide bonds. The maximum Gasteiger partial charge on any atom is 0.257 e. The molecule has 1 saturated heterocycles. The van der Waals surface area contributed by atoms with Crippen LogP contribution in [0.2, 0.25) is 5.02 Å². The predicted molar refractivity (Wildman–Crippen MR) is 115 cm³/mol. The molecule has 7 heteroatoms. The van der Waals surface area contributed by atoms with Gasteiger partial charge >= 0.3 is 0 Å². The molecule has 0 aliphatic carbocycles. The Kier molecular flexibility index (Phi) is 8.19. The summed E-state index contributed by atoms with van der Waals surface area (Å²) in [6.07, 6.45) is 5.55. The number of carbonyl (C=O) groups is 2. The molecule has 0 bridgehead atoms. The molecule has 2 aliphatic heterocycles. The van der Waals surface area contributed by atoms with E-state index in [2.05, 4.69) is 4.90 Å². The molecule has 6 nitrogen and oxygen atoms in total. The quantitative estimate of drug-likeness (QED) is 0.751. The van der Waals surface area contributed by atoms with Crippen molar-refractivity contribution in [2.45, 2.75) is 38.5 Å². The van der Waals surface area contributed by atoms with Crippen LogP contribution < -0.4 is 4.74 Å². The van der Waals surface area contributed by atoms with Gasteiger partial charge in [-0.15, -0.1) is 0 Å². The van der Waals surface area contributed by atoms with Crippen molar-refractivity contribution >= 4 is 23.4 Å². The van der Waals surface area contributed by atoms with Crippen LogP contribution in [0.4, 0.5) is 0 Å². The fourth-order valence-corrected chi connectivity index (χ4v) is 4.14. The second kappa shape index (κ2) is 10.8. The average Bonchev–Trinajstić information content (AvgIpc) is 3.24. The predicted octanol–water partition coefficient (Wildman–Crippen LogP) is 3.29. The summed E-state index contributed by atoms with van der Waals surface area (Å²) < 4.78 is 5.89. The number of ether oxygens (including phenoxy) is 1. The fourth-order valence-electron chi connectivity index (χ4n) is 3.97. The summed E-state index contributed by atoms with van der Waals surface area (Å²) in [5.41, 5.74) is 0.498. The van der Waals surface area contributed by atoms with E-state index >= 15 is 0 Å². The van der Waals surface area contributed by atoms with Gasteiger partial charge in [-0.3, -0.25) is 9.59 Å². The molecule has 1 aromatic carbocycles. The molecule has 160 valence electrons. The van der Waals surface area contributed by atoms with Gasteiger partial charge in [0.05, 0.1) is 12.2 Å². The van der Waals surface area contributed by atoms with Crippen molar-refractivity contribution in [3.63, 3.8) is 0 Å². The fraction of sp³-hybridized carbons (Fsp3) is 0.636. The first-order valence-corrected chi connectivity index (χ1v) is 11.1. The molecule has 0 saturated carbocycles. The van der Waals surface area contributed by atoms with Crippen LogP contribution in [0.5, 0.6) is 5.75 Å². The molecule has 0 radical (unpaired) electrons. The number of benzene rings is 1. The molecule has 1 fully saturated rings. The number of halogens is 1. The Morgan fingerprint density at radius 3 is 2.52 bits per heavy atom. The standard InChI is InChI=1S/C22H32ClN3O3/c1-24-10-2-5-13-26(21(27)9-15-25-11-3-4-12-25)14-6-16-29-20-8-7-18(23)17-19(20)22(24)28/h7-8,17H,2-6,9-16H2,1H3. The van der Waals surface area contributed by atoms with Crippen LogP contribution >= 0.6 is 11.6 Å². The Morgan fingerprint density at radius 1 is 1.03 bits per heavy atom. The Hall–Kier alpha value is -1.79. The number of amides is 2. The van der Waals surface area contributed by atoms with E-state index < -0.39 is 0 Å². The largest absolute Gasteiger partial charge is 0.493 e. The van der Waals surface area contributed by atoms with Crippen LogP contribution in [0.15, 0.2) is 18.2 Å². The Bertz CT molecular complexity index is 707. The zero-order valence-corrected chi connectivity index (χ0v) is 18.1. The maximum atomic E-state index is 12.8. The number of fused-ring (bicyclic) bond motifs is 1. The van der Waals surface area contributed by atoms with Crippen LogP contribution in [-0.4, -0.2) is 79.4 Å². The molecule has 2 aliphatic rings. The van der Waals surface area contributed by atoms with Gasteiger partial charge in [0.15, 0.2) is 0 Å². The normalized spacial score (nSPS) is 19.7. The molecule has 3 rings (SSSR count). The van der Waals surface area contributed by atoms with Crippen LogP contribution in [0.3, 0.4) is 0 Å². The molecule has 2 heterocycles. The van der Waals surface area contributed by atoms with Crippen molar-refractivity contribution in [3.8, 4) is 5.75 Å². The summed E-state index contributed by atoms with van der Waals surface area (Å²) in [6, 6.07) is 5.16. The summed E-state index contributed by atoms with van der Waals surface area (Å²) in [5, 5.41) is 0.521. The van der Waals surface area contributed by atoms with E-state index in [1.54, 1.807) is 30.1 Å². The SMILES string of the molecule is CN1CCCCN(C(=O)CCN2CCCC2)CCCOc2ccc(Cl)cc2C1=O. The molecule has 0 N–H and O–H groups in total. The number of carbonyl (C=O) groups excluding carboxylic acids is 2. The Morgan fingerprint density at radius 2 is 1.72 bits per heavy atom. The van der Waals surface area contributed by atoms with Crippen molar-refractivity contribution in [1.29, 1.82) is 0 Å². The topological polar surface area (TPSA) is 53.1 Å². The van der Waals surface area contributed by atoms with Crippen molar-refractivity contribution < 1.29 is 14.3 Å². The number of hydrogen-bond acceptors (Lipinski definition) is 4. The minimum absolute atomic E-state index is 0.0831. The summed E-state index contributed by atoms with van der Waals surface area (Å²) >= 11 is 6.10. The van der Waals surface area contributed by atoms with Crippen molar-refractivity contribution in [3.05, 3.63) is 28.8 Å². The first-order valence-electron chi connectivity index (χ1n) is 10.7. The highest BCUT2D eigenvalue weighted by atomic mass is 35.5. The van der Waals surface area contributed by atoms with E-state index in [4.69, 9.17) is 16.3 Å². The highest BCUT2D eigenvalue weighted by Crippen LogP contribution is 2.25. The summed E-state index contributed by atoms with van der Waals surface area (Å²) in [7, 11) is 1.80. The van der Waals surface area contributed by atoms with Crippen molar-refractivity contribution in [2.75, 3.05) is 52.9 Å². The van der Waals surface area contributed by atoms with Crippen LogP contribution in [-0.2, 0) is 4.79 Å². The molecule has 0 atom stereocenters. The Balaban J connectivity index is 1.62. The van der Waals surface area contributed by atoms with Crippen molar-refractivity contribution in [1.82, 2.24) is 14.7 Å². The van der Waals surface area contributed by atoms with Gasteiger partial charge in [0, 0.05) is 44.7 Å². The van der Waals surface area contributed by atoms with Gasteiger partial charge in [0.1, 0.15) is 5.75 Å². The lowest BCUT2D eigenvalue weighted by atomic mass is 10.1. The van der Waals surface area contributed by atoms with Gasteiger partial charge in [-0.2, -0.15) is 0 Å². The molecule has 1 aromatic rings. The smallest absolute Gasteiger partial charge is 0.257 e. The Labute approximate surface area is 178 Å². The lowest BCUT2D eigenvalue weighted by Gasteiger charge is -2.24. The van der Waals surface area contributed by atoms with E-state index in [1.165, 1.54) is 12.8 Å². The molecule has 0 unspecified atom stereocenters. The highest BCUT2D eigenvalue weighted by molar-refractivity contribution is 6.31. The number of hydrogen-bond donors (Lipinski definition) is 0.